The number of aromatic nitrogens is 2. The van der Waals surface area contributed by atoms with E-state index in [2.05, 4.69) is 58.5 Å². The zero-order valence-electron chi connectivity index (χ0n) is 14.7. The van der Waals surface area contributed by atoms with Crippen molar-refractivity contribution in [1.29, 1.82) is 0 Å². The van der Waals surface area contributed by atoms with Gasteiger partial charge < -0.3 is 5.73 Å². The standard InChI is InChI=1S/C21H24N4.ClH/c22-13-18-14-24(16-21(18)17-7-3-1-4-8-17)15-20-11-12-23-25(20)19-9-5-2-6-10-19;/h1-12,18,21H,13-16,22H2;1H/t18-,21+;/m1./s1. The Bertz CT molecular complexity index is 803. The molecule has 3 aromatic rings. The first-order valence-corrected chi connectivity index (χ1v) is 8.91. The summed E-state index contributed by atoms with van der Waals surface area (Å²) in [6.45, 7) is 3.71. The van der Waals surface area contributed by atoms with Crippen LogP contribution in [0.3, 0.4) is 0 Å². The quantitative estimate of drug-likeness (QED) is 0.750. The van der Waals surface area contributed by atoms with Crippen molar-refractivity contribution < 1.29 is 0 Å². The van der Waals surface area contributed by atoms with E-state index in [1.807, 2.05) is 29.1 Å². The summed E-state index contributed by atoms with van der Waals surface area (Å²) in [7, 11) is 0. The van der Waals surface area contributed by atoms with Crippen LogP contribution in [0.1, 0.15) is 17.2 Å². The fraction of sp³-hybridized carbons (Fsp3) is 0.286. The predicted molar refractivity (Wildman–Crippen MR) is 108 cm³/mol. The highest BCUT2D eigenvalue weighted by Crippen LogP contribution is 2.32. The SMILES string of the molecule is Cl.NC[C@@H]1CN(Cc2ccnn2-c2ccccc2)C[C@H]1c1ccccc1. The monoisotopic (exact) mass is 368 g/mol. The molecule has 1 aliphatic heterocycles. The van der Waals surface area contributed by atoms with Gasteiger partial charge in [0.05, 0.1) is 11.4 Å². The van der Waals surface area contributed by atoms with Crippen LogP contribution in [0.2, 0.25) is 0 Å². The average Bonchev–Trinajstić information content (AvgIpc) is 3.30. The Morgan fingerprint density at radius 1 is 0.923 bits per heavy atom. The third-order valence-corrected chi connectivity index (χ3v) is 5.15. The Balaban J connectivity index is 0.00000196. The third kappa shape index (κ3) is 3.83. The molecule has 5 heteroatoms. The molecular weight excluding hydrogens is 344 g/mol. The minimum atomic E-state index is 0. The second kappa shape index (κ2) is 8.49. The molecule has 1 fully saturated rings. The number of likely N-dealkylation sites (tertiary alicyclic amines) is 1. The smallest absolute Gasteiger partial charge is 0.0649 e. The normalized spacial score (nSPS) is 20.0. The highest BCUT2D eigenvalue weighted by molar-refractivity contribution is 5.85. The van der Waals surface area contributed by atoms with Crippen molar-refractivity contribution in [3.63, 3.8) is 0 Å². The highest BCUT2D eigenvalue weighted by Gasteiger charge is 2.33. The van der Waals surface area contributed by atoms with E-state index in [0.717, 1.165) is 31.9 Å². The van der Waals surface area contributed by atoms with E-state index in [9.17, 15) is 0 Å². The lowest BCUT2D eigenvalue weighted by molar-refractivity contribution is 0.310. The minimum Gasteiger partial charge on any atom is -0.330 e. The number of nitrogens with two attached hydrogens (primary N) is 1. The number of hydrogen-bond donors (Lipinski definition) is 1. The summed E-state index contributed by atoms with van der Waals surface area (Å²) in [5.41, 5.74) is 9.80. The summed E-state index contributed by atoms with van der Waals surface area (Å²) in [5, 5.41) is 4.51. The van der Waals surface area contributed by atoms with Crippen LogP contribution < -0.4 is 5.73 Å². The van der Waals surface area contributed by atoms with Gasteiger partial charge in [-0.3, -0.25) is 4.90 Å². The molecule has 2 atom stereocenters. The molecule has 0 radical (unpaired) electrons. The van der Waals surface area contributed by atoms with Crippen LogP contribution in [0, 0.1) is 5.92 Å². The van der Waals surface area contributed by atoms with Gasteiger partial charge in [0.1, 0.15) is 0 Å². The Kier molecular flexibility index (Phi) is 6.09. The molecule has 136 valence electrons. The lowest BCUT2D eigenvalue weighted by Crippen LogP contribution is -2.24. The Labute approximate surface area is 161 Å². The van der Waals surface area contributed by atoms with E-state index < -0.39 is 0 Å². The van der Waals surface area contributed by atoms with Crippen LogP contribution in [0.4, 0.5) is 0 Å². The van der Waals surface area contributed by atoms with Gasteiger partial charge >= 0.3 is 0 Å². The summed E-state index contributed by atoms with van der Waals surface area (Å²) in [6.07, 6.45) is 1.88. The molecule has 4 rings (SSSR count). The van der Waals surface area contributed by atoms with E-state index in [1.54, 1.807) is 0 Å². The van der Waals surface area contributed by atoms with Gasteiger partial charge in [-0.25, -0.2) is 4.68 Å². The van der Waals surface area contributed by atoms with Gasteiger partial charge in [-0.05, 0) is 36.2 Å². The number of nitrogens with zero attached hydrogens (tertiary/aromatic N) is 3. The molecule has 0 amide bonds. The van der Waals surface area contributed by atoms with Crippen LogP contribution >= 0.6 is 12.4 Å². The summed E-state index contributed by atoms with van der Waals surface area (Å²) in [4.78, 5) is 2.51. The van der Waals surface area contributed by atoms with Gasteiger partial charge in [-0.15, -0.1) is 12.4 Å². The van der Waals surface area contributed by atoms with Crippen LogP contribution in [-0.2, 0) is 6.54 Å². The fourth-order valence-corrected chi connectivity index (χ4v) is 3.89. The second-order valence-electron chi connectivity index (χ2n) is 6.78. The summed E-state index contributed by atoms with van der Waals surface area (Å²) >= 11 is 0. The van der Waals surface area contributed by atoms with Crippen molar-refractivity contribution in [2.75, 3.05) is 19.6 Å². The molecule has 1 aliphatic rings. The van der Waals surface area contributed by atoms with Crippen molar-refractivity contribution >= 4 is 12.4 Å². The van der Waals surface area contributed by atoms with E-state index in [-0.39, 0.29) is 12.4 Å². The second-order valence-corrected chi connectivity index (χ2v) is 6.78. The topological polar surface area (TPSA) is 47.1 Å². The van der Waals surface area contributed by atoms with Gasteiger partial charge in [0.25, 0.3) is 0 Å². The molecule has 0 saturated carbocycles. The number of benzene rings is 2. The first-order valence-electron chi connectivity index (χ1n) is 8.91. The Morgan fingerprint density at radius 2 is 1.62 bits per heavy atom. The molecule has 0 unspecified atom stereocenters. The van der Waals surface area contributed by atoms with Crippen LogP contribution in [0.5, 0.6) is 0 Å². The lowest BCUT2D eigenvalue weighted by Gasteiger charge is -2.17. The first kappa shape index (κ1) is 18.6. The van der Waals surface area contributed by atoms with Crippen LogP contribution in [0.15, 0.2) is 72.9 Å². The zero-order chi connectivity index (χ0) is 17.1. The maximum Gasteiger partial charge on any atom is 0.0649 e. The van der Waals surface area contributed by atoms with Crippen LogP contribution in [-0.4, -0.2) is 34.3 Å². The largest absolute Gasteiger partial charge is 0.330 e. The van der Waals surface area contributed by atoms with Crippen molar-refractivity contribution in [3.05, 3.63) is 84.2 Å². The van der Waals surface area contributed by atoms with Crippen molar-refractivity contribution in [3.8, 4) is 5.69 Å². The number of halogens is 1. The van der Waals surface area contributed by atoms with Crippen molar-refractivity contribution in [2.45, 2.75) is 12.5 Å². The maximum absolute atomic E-state index is 6.07. The molecule has 2 aromatic carbocycles. The summed E-state index contributed by atoms with van der Waals surface area (Å²) in [6, 6.07) is 23.2. The third-order valence-electron chi connectivity index (χ3n) is 5.15. The van der Waals surface area contributed by atoms with Gasteiger partial charge in [-0.2, -0.15) is 5.10 Å². The van der Waals surface area contributed by atoms with E-state index in [4.69, 9.17) is 5.73 Å². The fourth-order valence-electron chi connectivity index (χ4n) is 3.89. The lowest BCUT2D eigenvalue weighted by atomic mass is 9.89. The van der Waals surface area contributed by atoms with Crippen molar-refractivity contribution in [2.24, 2.45) is 11.7 Å². The van der Waals surface area contributed by atoms with Gasteiger partial charge in [0.2, 0.25) is 0 Å². The van der Waals surface area contributed by atoms with Crippen LogP contribution in [0.25, 0.3) is 5.69 Å². The number of rotatable bonds is 5. The molecule has 0 bridgehead atoms. The molecule has 4 nitrogen and oxygen atoms in total. The molecule has 1 saturated heterocycles. The molecule has 0 aliphatic carbocycles. The maximum atomic E-state index is 6.07. The summed E-state index contributed by atoms with van der Waals surface area (Å²) in [5.74, 6) is 1.02. The Hall–Kier alpha value is -2.14. The molecule has 2 heterocycles. The minimum absolute atomic E-state index is 0. The first-order chi connectivity index (χ1) is 12.3. The van der Waals surface area contributed by atoms with E-state index in [0.29, 0.717) is 11.8 Å². The summed E-state index contributed by atoms with van der Waals surface area (Å²) < 4.78 is 2.04. The molecule has 1 aromatic heterocycles. The van der Waals surface area contributed by atoms with E-state index in [1.165, 1.54) is 11.3 Å². The zero-order valence-corrected chi connectivity index (χ0v) is 15.6. The van der Waals surface area contributed by atoms with E-state index >= 15 is 0 Å². The Morgan fingerprint density at radius 3 is 2.31 bits per heavy atom. The highest BCUT2D eigenvalue weighted by atomic mass is 35.5. The van der Waals surface area contributed by atoms with Gasteiger partial charge in [0, 0.05) is 31.7 Å². The molecule has 0 spiro atoms. The molecule has 26 heavy (non-hydrogen) atoms. The van der Waals surface area contributed by atoms with Crippen molar-refractivity contribution in [1.82, 2.24) is 14.7 Å². The van der Waals surface area contributed by atoms with Gasteiger partial charge in [0.15, 0.2) is 0 Å². The molecular formula is C21H25ClN4. The van der Waals surface area contributed by atoms with Gasteiger partial charge in [-0.1, -0.05) is 48.5 Å². The number of hydrogen-bond acceptors (Lipinski definition) is 3. The number of para-hydroxylation sites is 1. The molecule has 2 N–H and O–H groups in total. The predicted octanol–water partition coefficient (Wildman–Crippen LogP) is 3.47. The average molecular weight is 369 g/mol.